The number of unbranched alkanes of at least 4 members (excludes halogenated alkanes) is 9. The SMILES string of the molecule is CCOCCCCCCCCCCCC[Si](C)(C)c1c(F)c(F)c(F)c(F)c1F. The van der Waals surface area contributed by atoms with Gasteiger partial charge in [0.05, 0.1) is 8.07 Å². The topological polar surface area (TPSA) is 9.23 Å². The molecule has 0 N–H and O–H groups in total. The molecule has 1 rings (SSSR count). The second-order valence-electron chi connectivity index (χ2n) is 8.31. The van der Waals surface area contributed by atoms with Gasteiger partial charge in [-0.3, -0.25) is 0 Å². The molecule has 0 saturated heterocycles. The molecule has 0 unspecified atom stereocenters. The van der Waals surface area contributed by atoms with Crippen LogP contribution < -0.4 is 5.19 Å². The number of rotatable bonds is 15. The number of hydrogen-bond donors (Lipinski definition) is 0. The first kappa shape index (κ1) is 26.1. The summed E-state index contributed by atoms with van der Waals surface area (Å²) >= 11 is 0. The molecule has 0 aliphatic carbocycles. The smallest absolute Gasteiger partial charge is 0.200 e. The van der Waals surface area contributed by atoms with Crippen LogP contribution in [0.3, 0.4) is 0 Å². The van der Waals surface area contributed by atoms with Crippen molar-refractivity contribution in [3.63, 3.8) is 0 Å². The van der Waals surface area contributed by atoms with Crippen LogP contribution in [0.25, 0.3) is 0 Å². The largest absolute Gasteiger partial charge is 0.382 e. The highest BCUT2D eigenvalue weighted by Crippen LogP contribution is 2.23. The number of ether oxygens (including phenoxy) is 1. The first-order valence-corrected chi connectivity index (χ1v) is 14.0. The highest BCUT2D eigenvalue weighted by molar-refractivity contribution is 6.89. The van der Waals surface area contributed by atoms with Gasteiger partial charge in [-0.1, -0.05) is 76.9 Å². The standard InChI is InChI=1S/C22H35F5OSi/c1-4-28-15-13-11-9-7-5-6-8-10-12-14-16-29(2,3)22-20(26)18(24)17(23)19(25)21(22)27/h4-16H2,1-3H3. The van der Waals surface area contributed by atoms with Crippen molar-refractivity contribution in [1.29, 1.82) is 0 Å². The summed E-state index contributed by atoms with van der Waals surface area (Å²) in [6.07, 6.45) is 11.0. The normalized spacial score (nSPS) is 12.0. The zero-order valence-electron chi connectivity index (χ0n) is 18.0. The fourth-order valence-corrected chi connectivity index (χ4v) is 6.45. The molecule has 0 bridgehead atoms. The second-order valence-corrected chi connectivity index (χ2v) is 13.1. The van der Waals surface area contributed by atoms with Crippen molar-refractivity contribution in [1.82, 2.24) is 0 Å². The number of halogens is 5. The molecule has 0 aliphatic heterocycles. The van der Waals surface area contributed by atoms with Gasteiger partial charge in [0.15, 0.2) is 23.3 Å². The van der Waals surface area contributed by atoms with E-state index in [9.17, 15) is 22.0 Å². The zero-order chi connectivity index (χ0) is 21.9. The van der Waals surface area contributed by atoms with Crippen molar-refractivity contribution < 1.29 is 26.7 Å². The van der Waals surface area contributed by atoms with Gasteiger partial charge in [0.2, 0.25) is 5.82 Å². The Balaban J connectivity index is 2.27. The first-order chi connectivity index (χ1) is 13.7. The van der Waals surface area contributed by atoms with Crippen LogP contribution in [0, 0.1) is 29.1 Å². The van der Waals surface area contributed by atoms with Crippen LogP contribution in [-0.2, 0) is 4.74 Å². The monoisotopic (exact) mass is 438 g/mol. The molecule has 0 spiro atoms. The van der Waals surface area contributed by atoms with Gasteiger partial charge in [-0.2, -0.15) is 0 Å². The van der Waals surface area contributed by atoms with E-state index in [1.165, 1.54) is 32.1 Å². The van der Waals surface area contributed by atoms with Gasteiger partial charge in [0, 0.05) is 18.4 Å². The number of benzene rings is 1. The lowest BCUT2D eigenvalue weighted by atomic mass is 10.1. The molecule has 1 aromatic carbocycles. The minimum Gasteiger partial charge on any atom is -0.382 e. The fourth-order valence-electron chi connectivity index (χ4n) is 3.65. The van der Waals surface area contributed by atoms with Gasteiger partial charge in [-0.05, 0) is 13.3 Å². The van der Waals surface area contributed by atoms with E-state index in [2.05, 4.69) is 0 Å². The Labute approximate surface area is 173 Å². The lowest BCUT2D eigenvalue weighted by Crippen LogP contribution is -2.47. The summed E-state index contributed by atoms with van der Waals surface area (Å²) in [5.74, 6) is -9.06. The molecular weight excluding hydrogens is 403 g/mol. The van der Waals surface area contributed by atoms with E-state index in [-0.39, 0.29) is 0 Å². The molecule has 168 valence electrons. The fraction of sp³-hybridized carbons (Fsp3) is 0.727. The van der Waals surface area contributed by atoms with Crippen LogP contribution in [0.5, 0.6) is 0 Å². The van der Waals surface area contributed by atoms with E-state index in [1.54, 1.807) is 13.1 Å². The zero-order valence-corrected chi connectivity index (χ0v) is 19.0. The van der Waals surface area contributed by atoms with Crippen LogP contribution in [0.2, 0.25) is 19.1 Å². The van der Waals surface area contributed by atoms with Crippen molar-refractivity contribution >= 4 is 13.3 Å². The highest BCUT2D eigenvalue weighted by atomic mass is 28.3. The third-order valence-electron chi connectivity index (χ3n) is 5.43. The highest BCUT2D eigenvalue weighted by Gasteiger charge is 2.35. The molecule has 0 atom stereocenters. The molecular formula is C22H35F5OSi. The lowest BCUT2D eigenvalue weighted by molar-refractivity contribution is 0.143. The van der Waals surface area contributed by atoms with Crippen LogP contribution in [0.4, 0.5) is 22.0 Å². The molecule has 0 amide bonds. The summed E-state index contributed by atoms with van der Waals surface area (Å²) in [7, 11) is -2.76. The quantitative estimate of drug-likeness (QED) is 0.0922. The molecule has 0 aliphatic rings. The van der Waals surface area contributed by atoms with E-state index >= 15 is 0 Å². The van der Waals surface area contributed by atoms with Crippen LogP contribution in [-0.4, -0.2) is 21.3 Å². The molecule has 0 heterocycles. The van der Waals surface area contributed by atoms with Crippen molar-refractivity contribution in [3.8, 4) is 0 Å². The van der Waals surface area contributed by atoms with Crippen molar-refractivity contribution in [2.24, 2.45) is 0 Å². The average Bonchev–Trinajstić information content (AvgIpc) is 2.68. The van der Waals surface area contributed by atoms with Crippen molar-refractivity contribution in [3.05, 3.63) is 29.1 Å². The predicted octanol–water partition coefficient (Wildman–Crippen LogP) is 7.24. The molecule has 29 heavy (non-hydrogen) atoms. The first-order valence-electron chi connectivity index (χ1n) is 10.8. The third kappa shape index (κ3) is 8.36. The molecule has 1 nitrogen and oxygen atoms in total. The van der Waals surface area contributed by atoms with Gasteiger partial charge in [-0.15, -0.1) is 0 Å². The van der Waals surface area contributed by atoms with E-state index in [1.807, 2.05) is 6.92 Å². The molecule has 0 aromatic heterocycles. The van der Waals surface area contributed by atoms with Gasteiger partial charge < -0.3 is 4.74 Å². The van der Waals surface area contributed by atoms with Gasteiger partial charge in [-0.25, -0.2) is 22.0 Å². The molecule has 0 fully saturated rings. The maximum Gasteiger partial charge on any atom is 0.200 e. The molecule has 0 radical (unpaired) electrons. The van der Waals surface area contributed by atoms with E-state index < -0.39 is 42.3 Å². The number of hydrogen-bond acceptors (Lipinski definition) is 1. The Morgan fingerprint density at radius 2 is 0.966 bits per heavy atom. The summed E-state index contributed by atoms with van der Waals surface area (Å²) in [5, 5.41) is -0.571. The minimum absolute atomic E-state index is 0.505. The van der Waals surface area contributed by atoms with Gasteiger partial charge in [0.1, 0.15) is 0 Å². The van der Waals surface area contributed by atoms with E-state index in [4.69, 9.17) is 4.74 Å². The summed E-state index contributed by atoms with van der Waals surface area (Å²) in [4.78, 5) is 0. The van der Waals surface area contributed by atoms with E-state index in [0.717, 1.165) is 45.3 Å². The molecule has 0 saturated carbocycles. The van der Waals surface area contributed by atoms with Gasteiger partial charge >= 0.3 is 0 Å². The minimum atomic E-state index is -2.76. The summed E-state index contributed by atoms with van der Waals surface area (Å²) in [6, 6.07) is 0.505. The van der Waals surface area contributed by atoms with Crippen LogP contribution in [0.15, 0.2) is 0 Å². The van der Waals surface area contributed by atoms with Gasteiger partial charge in [0.25, 0.3) is 0 Å². The predicted molar refractivity (Wildman–Crippen MR) is 111 cm³/mol. The van der Waals surface area contributed by atoms with Crippen molar-refractivity contribution in [2.45, 2.75) is 90.3 Å². The van der Waals surface area contributed by atoms with Crippen molar-refractivity contribution in [2.75, 3.05) is 13.2 Å². The third-order valence-corrected chi connectivity index (χ3v) is 8.83. The molecule has 7 heteroatoms. The Morgan fingerprint density at radius 3 is 1.41 bits per heavy atom. The summed E-state index contributed by atoms with van der Waals surface area (Å²) in [6.45, 7) is 6.96. The Bertz CT molecular complexity index is 593. The Hall–Kier alpha value is -0.953. The average molecular weight is 439 g/mol. The maximum absolute atomic E-state index is 14.1. The maximum atomic E-state index is 14.1. The molecule has 1 aromatic rings. The summed E-state index contributed by atoms with van der Waals surface area (Å²) < 4.78 is 73.6. The van der Waals surface area contributed by atoms with Crippen LogP contribution in [0.1, 0.15) is 71.1 Å². The summed E-state index contributed by atoms with van der Waals surface area (Å²) in [5.41, 5.74) is 0. The Morgan fingerprint density at radius 1 is 0.586 bits per heavy atom. The van der Waals surface area contributed by atoms with Crippen LogP contribution >= 0.6 is 0 Å². The van der Waals surface area contributed by atoms with E-state index in [0.29, 0.717) is 6.04 Å². The lowest BCUT2D eigenvalue weighted by Gasteiger charge is -2.24. The Kier molecular flexibility index (Phi) is 12.0. The second kappa shape index (κ2) is 13.4.